The average Bonchev–Trinajstić information content (AvgIpc) is 2.34. The van der Waals surface area contributed by atoms with Crippen LogP contribution < -0.4 is 0 Å². The number of aromatic nitrogens is 2. The Morgan fingerprint density at radius 3 is 3.11 bits per heavy atom. The van der Waals surface area contributed by atoms with Crippen molar-refractivity contribution in [1.82, 2.24) is 9.55 Å². The first-order valence-electron chi connectivity index (χ1n) is 2.92. The molecule has 9 heavy (non-hydrogen) atoms. The highest BCUT2D eigenvalue weighted by Crippen LogP contribution is 1.87. The number of hydrogen-bond donors (Lipinski definition) is 1. The lowest BCUT2D eigenvalue weighted by atomic mass is 10.4. The normalized spacial score (nSPS) is 9.89. The monoisotopic (exact) mass is 125 g/mol. The van der Waals surface area contributed by atoms with Crippen molar-refractivity contribution in [1.29, 1.82) is 0 Å². The van der Waals surface area contributed by atoms with E-state index >= 15 is 0 Å². The number of imidazole rings is 1. The van der Waals surface area contributed by atoms with Gasteiger partial charge in [0.25, 0.3) is 0 Å². The van der Waals surface area contributed by atoms with Crippen LogP contribution >= 0.6 is 0 Å². The average molecular weight is 125 g/mol. The van der Waals surface area contributed by atoms with Gasteiger partial charge in [0.15, 0.2) is 0 Å². The highest BCUT2D eigenvalue weighted by Gasteiger charge is 1.86. The predicted octanol–water partition coefficient (Wildman–Crippen LogP) is 0.0657. The van der Waals surface area contributed by atoms with Gasteiger partial charge in [0.2, 0.25) is 0 Å². The van der Waals surface area contributed by atoms with Crippen molar-refractivity contribution in [2.45, 2.75) is 13.0 Å². The molecule has 0 aliphatic rings. The summed E-state index contributed by atoms with van der Waals surface area (Å²) in [5.41, 5.74) is 0. The van der Waals surface area contributed by atoms with Gasteiger partial charge < -0.3 is 9.67 Å². The van der Waals surface area contributed by atoms with Crippen molar-refractivity contribution in [2.24, 2.45) is 0 Å². The molecule has 0 spiro atoms. The number of aliphatic hydroxyl groups excluding tert-OH is 1. The number of aryl methyl sites for hydroxylation is 1. The minimum Gasteiger partial charge on any atom is -0.396 e. The maximum absolute atomic E-state index is 8.42. The third-order valence-electron chi connectivity index (χ3n) is 1.08. The minimum absolute atomic E-state index is 0.234. The molecule has 0 fully saturated rings. The lowest BCUT2D eigenvalue weighted by Crippen LogP contribution is -1.96. The van der Waals surface area contributed by atoms with E-state index in [9.17, 15) is 0 Å². The highest BCUT2D eigenvalue weighted by molar-refractivity contribution is 4.70. The van der Waals surface area contributed by atoms with Crippen molar-refractivity contribution >= 4 is 0 Å². The maximum Gasteiger partial charge on any atom is 0.108 e. The molecule has 0 amide bonds. The molecule has 0 aliphatic heterocycles. The van der Waals surface area contributed by atoms with E-state index in [-0.39, 0.29) is 6.61 Å². The fourth-order valence-electron chi connectivity index (χ4n) is 0.624. The van der Waals surface area contributed by atoms with Crippen LogP contribution in [-0.4, -0.2) is 21.3 Å². The van der Waals surface area contributed by atoms with Crippen LogP contribution in [0.15, 0.2) is 12.5 Å². The van der Waals surface area contributed by atoms with Gasteiger partial charge in [0.05, 0.1) is 6.33 Å². The topological polar surface area (TPSA) is 38.0 Å². The van der Waals surface area contributed by atoms with Gasteiger partial charge in [-0.15, -0.1) is 0 Å². The summed E-state index contributed by atoms with van der Waals surface area (Å²) >= 11 is 0. The van der Waals surface area contributed by atoms with Crippen LogP contribution in [-0.2, 0) is 6.54 Å². The van der Waals surface area contributed by atoms with Crippen LogP contribution in [0.2, 0.25) is 0 Å². The van der Waals surface area contributed by atoms with E-state index in [0.29, 0.717) is 0 Å². The summed E-state index contributed by atoms with van der Waals surface area (Å²) in [6.07, 6.45) is 6.90. The van der Waals surface area contributed by atoms with Gasteiger partial charge in [0.1, 0.15) is 6.20 Å². The molecule has 0 saturated carbocycles. The van der Waals surface area contributed by atoms with Crippen LogP contribution in [0.25, 0.3) is 0 Å². The molecule has 1 aromatic heterocycles. The summed E-state index contributed by atoms with van der Waals surface area (Å²) < 4.78 is 1.89. The standard InChI is InChI=1S/C6H9N2O/c9-5-1-3-8-4-2-7-6-8/h4,6,9H,1,3,5H2. The number of hydrogen-bond acceptors (Lipinski definition) is 2. The molecule has 1 radical (unpaired) electrons. The lowest BCUT2D eigenvalue weighted by molar-refractivity contribution is 0.280. The second kappa shape index (κ2) is 3.25. The molecule has 0 unspecified atom stereocenters. The molecular weight excluding hydrogens is 116 g/mol. The Hall–Kier alpha value is -0.830. The van der Waals surface area contributed by atoms with E-state index in [4.69, 9.17) is 5.11 Å². The molecule has 0 aliphatic carbocycles. The second-order valence-electron chi connectivity index (χ2n) is 1.82. The third kappa shape index (κ3) is 1.85. The van der Waals surface area contributed by atoms with Crippen molar-refractivity contribution in [3.8, 4) is 0 Å². The smallest absolute Gasteiger partial charge is 0.108 e. The van der Waals surface area contributed by atoms with E-state index in [1.54, 1.807) is 12.5 Å². The summed E-state index contributed by atoms with van der Waals surface area (Å²) in [5, 5.41) is 8.42. The largest absolute Gasteiger partial charge is 0.396 e. The van der Waals surface area contributed by atoms with Gasteiger partial charge in [-0.05, 0) is 6.42 Å². The Labute approximate surface area is 54.0 Å². The number of rotatable bonds is 3. The van der Waals surface area contributed by atoms with E-state index in [1.807, 2.05) is 4.57 Å². The molecule has 1 N–H and O–H groups in total. The first-order valence-corrected chi connectivity index (χ1v) is 2.92. The fraction of sp³-hybridized carbons (Fsp3) is 0.500. The van der Waals surface area contributed by atoms with E-state index in [2.05, 4.69) is 11.2 Å². The predicted molar refractivity (Wildman–Crippen MR) is 32.8 cm³/mol. The summed E-state index contributed by atoms with van der Waals surface area (Å²) in [4.78, 5) is 3.73. The third-order valence-corrected chi connectivity index (χ3v) is 1.08. The molecule has 0 atom stereocenters. The molecule has 1 aromatic rings. The first-order chi connectivity index (χ1) is 4.43. The van der Waals surface area contributed by atoms with Crippen LogP contribution in [0.5, 0.6) is 0 Å². The van der Waals surface area contributed by atoms with E-state index in [1.165, 1.54) is 0 Å². The van der Waals surface area contributed by atoms with E-state index in [0.717, 1.165) is 13.0 Å². The molecule has 0 aromatic carbocycles. The van der Waals surface area contributed by atoms with Crippen LogP contribution in [0.1, 0.15) is 6.42 Å². The molecule has 1 heterocycles. The molecule has 3 heteroatoms. The molecular formula is C6H9N2O. The SMILES string of the molecule is OCCCn1c[c]nc1. The Morgan fingerprint density at radius 1 is 1.67 bits per heavy atom. The minimum atomic E-state index is 0.234. The fourth-order valence-corrected chi connectivity index (χ4v) is 0.624. The van der Waals surface area contributed by atoms with Crippen molar-refractivity contribution in [3.05, 3.63) is 18.7 Å². The van der Waals surface area contributed by atoms with Gasteiger partial charge in [0, 0.05) is 19.3 Å². The van der Waals surface area contributed by atoms with Crippen LogP contribution in [0.4, 0.5) is 0 Å². The van der Waals surface area contributed by atoms with Gasteiger partial charge in [-0.3, -0.25) is 0 Å². The van der Waals surface area contributed by atoms with Crippen molar-refractivity contribution in [3.63, 3.8) is 0 Å². The zero-order valence-electron chi connectivity index (χ0n) is 5.12. The van der Waals surface area contributed by atoms with Crippen molar-refractivity contribution < 1.29 is 5.11 Å². The molecule has 49 valence electrons. The van der Waals surface area contributed by atoms with Gasteiger partial charge >= 0.3 is 0 Å². The first kappa shape index (κ1) is 6.29. The van der Waals surface area contributed by atoms with Crippen LogP contribution in [0, 0.1) is 6.20 Å². The Morgan fingerprint density at radius 2 is 2.56 bits per heavy atom. The van der Waals surface area contributed by atoms with Gasteiger partial charge in [-0.25, -0.2) is 4.98 Å². The zero-order chi connectivity index (χ0) is 6.53. The maximum atomic E-state index is 8.42. The Balaban J connectivity index is 2.30. The van der Waals surface area contributed by atoms with Gasteiger partial charge in [-0.1, -0.05) is 0 Å². The van der Waals surface area contributed by atoms with E-state index < -0.39 is 0 Å². The molecule has 1 rings (SSSR count). The van der Waals surface area contributed by atoms with Gasteiger partial charge in [-0.2, -0.15) is 0 Å². The number of aliphatic hydroxyl groups is 1. The summed E-state index contributed by atoms with van der Waals surface area (Å²) in [7, 11) is 0. The number of nitrogens with zero attached hydrogens (tertiary/aromatic N) is 2. The molecule has 0 saturated heterocycles. The summed E-state index contributed by atoms with van der Waals surface area (Å²) in [6.45, 7) is 1.06. The lowest BCUT2D eigenvalue weighted by Gasteiger charge is -1.95. The molecule has 0 bridgehead atoms. The second-order valence-corrected chi connectivity index (χ2v) is 1.82. The summed E-state index contributed by atoms with van der Waals surface area (Å²) in [6, 6.07) is 0. The van der Waals surface area contributed by atoms with Crippen molar-refractivity contribution in [2.75, 3.05) is 6.61 Å². The van der Waals surface area contributed by atoms with Crippen LogP contribution in [0.3, 0.4) is 0 Å². The zero-order valence-corrected chi connectivity index (χ0v) is 5.12. The highest BCUT2D eigenvalue weighted by atomic mass is 16.3. The Kier molecular flexibility index (Phi) is 2.27. The molecule has 3 nitrogen and oxygen atoms in total. The quantitative estimate of drug-likeness (QED) is 0.620. The summed E-state index contributed by atoms with van der Waals surface area (Å²) in [5.74, 6) is 0. The Bertz CT molecular complexity index is 148.